The van der Waals surface area contributed by atoms with Crippen molar-refractivity contribution >= 4 is 27.6 Å². The summed E-state index contributed by atoms with van der Waals surface area (Å²) in [7, 11) is 0. The number of rotatable bonds is 4. The number of benzene rings is 2. The maximum absolute atomic E-state index is 11.5. The van der Waals surface area contributed by atoms with Gasteiger partial charge in [0.05, 0.1) is 10.2 Å². The summed E-state index contributed by atoms with van der Waals surface area (Å²) in [5.41, 5.74) is 8.67. The zero-order valence-electron chi connectivity index (χ0n) is 15.2. The second-order valence-electron chi connectivity index (χ2n) is 7.15. The van der Waals surface area contributed by atoms with Crippen molar-refractivity contribution in [2.45, 2.75) is 13.0 Å². The largest absolute Gasteiger partial charge is 0.431 e. The highest BCUT2D eigenvalue weighted by Gasteiger charge is 2.36. The smallest absolute Gasteiger partial charge is 0.319 e. The van der Waals surface area contributed by atoms with Crippen LogP contribution in [0, 0.1) is 5.92 Å². The number of hydrogen-bond donors (Lipinski definition) is 1. The van der Waals surface area contributed by atoms with Crippen molar-refractivity contribution in [1.82, 2.24) is 14.8 Å². The molecule has 2 aliphatic heterocycles. The number of fused-ring (bicyclic) bond motifs is 2. The molecule has 0 saturated carbocycles. The first kappa shape index (κ1) is 17.1. The lowest BCUT2D eigenvalue weighted by Gasteiger charge is -2.18. The minimum atomic E-state index is -0.355. The van der Waals surface area contributed by atoms with Gasteiger partial charge in [-0.05, 0) is 36.2 Å². The molecular weight excluding hydrogens is 372 g/mol. The predicted octanol–water partition coefficient (Wildman–Crippen LogP) is 4.15. The molecule has 1 atom stereocenters. The Morgan fingerprint density at radius 3 is 2.82 bits per heavy atom. The van der Waals surface area contributed by atoms with E-state index in [0.717, 1.165) is 47.7 Å². The van der Waals surface area contributed by atoms with E-state index in [-0.39, 0.29) is 6.03 Å². The number of likely N-dealkylation sites (tertiary alicyclic amines) is 1. The Balaban J connectivity index is 1.25. The first-order valence-corrected chi connectivity index (χ1v) is 10.1. The Bertz CT molecular complexity index is 1030. The second-order valence-corrected chi connectivity index (χ2v) is 8.15. The van der Waals surface area contributed by atoms with E-state index in [4.69, 9.17) is 10.5 Å². The average Bonchev–Trinajstić information content (AvgIpc) is 3.36. The van der Waals surface area contributed by atoms with Crippen LogP contribution in [0.5, 0.6) is 10.9 Å². The van der Waals surface area contributed by atoms with Gasteiger partial charge in [0, 0.05) is 37.4 Å². The van der Waals surface area contributed by atoms with E-state index < -0.39 is 0 Å². The Hall–Kier alpha value is -3.06. The molecule has 5 rings (SSSR count). The molecule has 1 unspecified atom stereocenters. The number of amides is 2. The number of urea groups is 1. The van der Waals surface area contributed by atoms with Crippen LogP contribution in [-0.4, -0.2) is 33.9 Å². The number of carbonyl (C=O) groups excluding carboxylic acids is 1. The van der Waals surface area contributed by atoms with Crippen LogP contribution in [0.25, 0.3) is 10.2 Å². The van der Waals surface area contributed by atoms with Gasteiger partial charge in [0.1, 0.15) is 5.75 Å². The molecule has 7 heteroatoms. The van der Waals surface area contributed by atoms with Crippen molar-refractivity contribution in [2.24, 2.45) is 11.7 Å². The lowest BCUT2D eigenvalue weighted by Crippen LogP contribution is -2.32. The summed E-state index contributed by atoms with van der Waals surface area (Å²) in [6.07, 6.45) is 3.06. The van der Waals surface area contributed by atoms with E-state index in [1.54, 1.807) is 16.2 Å². The number of hydrogen-bond acceptors (Lipinski definition) is 5. The molecule has 0 spiro atoms. The molecule has 2 N–H and O–H groups in total. The number of thiazole rings is 1. The quantitative estimate of drug-likeness (QED) is 0.724. The van der Waals surface area contributed by atoms with E-state index in [0.29, 0.717) is 11.1 Å². The van der Waals surface area contributed by atoms with Crippen LogP contribution in [0.15, 0.2) is 60.4 Å². The number of carbonyl (C=O) groups is 1. The topological polar surface area (TPSA) is 71.7 Å². The molecule has 0 bridgehead atoms. The lowest BCUT2D eigenvalue weighted by atomic mass is 10.1. The average molecular weight is 392 g/mol. The van der Waals surface area contributed by atoms with E-state index in [2.05, 4.69) is 28.2 Å². The molecule has 0 aliphatic carbocycles. The molecule has 3 heterocycles. The minimum Gasteiger partial charge on any atom is -0.431 e. The van der Waals surface area contributed by atoms with Crippen molar-refractivity contribution in [2.75, 3.05) is 13.1 Å². The molecule has 1 aromatic heterocycles. The maximum atomic E-state index is 11.5. The number of para-hydroxylation sites is 1. The van der Waals surface area contributed by atoms with Gasteiger partial charge in [0.25, 0.3) is 5.19 Å². The first-order chi connectivity index (χ1) is 13.7. The molecule has 6 nitrogen and oxygen atoms in total. The summed E-state index contributed by atoms with van der Waals surface area (Å²) in [6, 6.07) is 15.7. The zero-order chi connectivity index (χ0) is 19.1. The monoisotopic (exact) mass is 392 g/mol. The number of ether oxygens (including phenoxy) is 1. The number of nitrogens with two attached hydrogens (primary N) is 1. The van der Waals surface area contributed by atoms with Gasteiger partial charge < -0.3 is 15.4 Å². The number of nitrogens with zero attached hydrogens (tertiary/aromatic N) is 3. The molecule has 2 amide bonds. The van der Waals surface area contributed by atoms with Gasteiger partial charge >= 0.3 is 6.03 Å². The van der Waals surface area contributed by atoms with Crippen molar-refractivity contribution in [1.29, 1.82) is 0 Å². The van der Waals surface area contributed by atoms with Crippen LogP contribution in [0.1, 0.15) is 12.0 Å². The third-order valence-corrected chi connectivity index (χ3v) is 6.17. The molecule has 2 aromatic carbocycles. The summed E-state index contributed by atoms with van der Waals surface area (Å²) in [6.45, 7) is 2.47. The van der Waals surface area contributed by atoms with Crippen molar-refractivity contribution < 1.29 is 9.53 Å². The van der Waals surface area contributed by atoms with Crippen molar-refractivity contribution in [3.8, 4) is 10.9 Å². The van der Waals surface area contributed by atoms with Crippen LogP contribution < -0.4 is 10.5 Å². The van der Waals surface area contributed by atoms with Gasteiger partial charge in [0.2, 0.25) is 0 Å². The highest BCUT2D eigenvalue weighted by Crippen LogP contribution is 2.35. The lowest BCUT2D eigenvalue weighted by molar-refractivity contribution is 0.225. The third-order valence-electron chi connectivity index (χ3n) is 5.26. The normalized spacial score (nSPS) is 18.4. The van der Waals surface area contributed by atoms with E-state index in [9.17, 15) is 4.79 Å². The fraction of sp³-hybridized carbons (Fsp3) is 0.238. The summed E-state index contributed by atoms with van der Waals surface area (Å²) in [5, 5.41) is 0.651. The van der Waals surface area contributed by atoms with Crippen molar-refractivity contribution in [3.05, 3.63) is 66.0 Å². The number of aromatic nitrogens is 1. The van der Waals surface area contributed by atoms with E-state index in [1.807, 2.05) is 36.4 Å². The van der Waals surface area contributed by atoms with Crippen LogP contribution in [-0.2, 0) is 6.54 Å². The van der Waals surface area contributed by atoms with Crippen molar-refractivity contribution in [3.63, 3.8) is 0 Å². The van der Waals surface area contributed by atoms with Crippen LogP contribution in [0.4, 0.5) is 4.79 Å². The molecule has 142 valence electrons. The molecule has 2 aliphatic rings. The van der Waals surface area contributed by atoms with Crippen LogP contribution in [0.3, 0.4) is 0 Å². The minimum absolute atomic E-state index is 0.355. The second kappa shape index (κ2) is 6.83. The first-order valence-electron chi connectivity index (χ1n) is 9.31. The fourth-order valence-corrected chi connectivity index (χ4v) is 4.74. The van der Waals surface area contributed by atoms with Crippen LogP contribution in [0.2, 0.25) is 0 Å². The molecule has 1 saturated heterocycles. The predicted molar refractivity (Wildman–Crippen MR) is 109 cm³/mol. The van der Waals surface area contributed by atoms with Crippen LogP contribution >= 0.6 is 11.3 Å². The molecule has 3 aromatic rings. The molecule has 0 radical (unpaired) electrons. The van der Waals surface area contributed by atoms with E-state index >= 15 is 0 Å². The SMILES string of the molecule is NC(=O)N1CCC2CN(Cc3ccc(Oc4nc5ccccc5s4)cc3)C=C21. The summed E-state index contributed by atoms with van der Waals surface area (Å²) in [5.74, 6) is 1.19. The summed E-state index contributed by atoms with van der Waals surface area (Å²) in [4.78, 5) is 20.0. The number of primary amides is 1. The van der Waals surface area contributed by atoms with Gasteiger partial charge in [-0.1, -0.05) is 35.6 Å². The highest BCUT2D eigenvalue weighted by molar-refractivity contribution is 7.20. The standard InChI is InChI=1S/C21H20N4O2S/c22-20(26)25-10-9-15-12-24(13-18(15)25)11-14-5-7-16(8-6-14)27-21-23-17-3-1-2-4-19(17)28-21/h1-8,13,15H,9-12H2,(H2,22,26). The molecule has 1 fully saturated rings. The third kappa shape index (κ3) is 3.18. The van der Waals surface area contributed by atoms with Gasteiger partial charge in [-0.25, -0.2) is 9.78 Å². The van der Waals surface area contributed by atoms with Gasteiger partial charge in [-0.2, -0.15) is 0 Å². The highest BCUT2D eigenvalue weighted by atomic mass is 32.1. The van der Waals surface area contributed by atoms with Gasteiger partial charge in [0.15, 0.2) is 0 Å². The molecular formula is C21H20N4O2S. The summed E-state index contributed by atoms with van der Waals surface area (Å²) >= 11 is 1.54. The Kier molecular flexibility index (Phi) is 4.16. The van der Waals surface area contributed by atoms with Gasteiger partial charge in [-0.15, -0.1) is 0 Å². The Labute approximate surface area is 166 Å². The Morgan fingerprint density at radius 1 is 1.21 bits per heavy atom. The zero-order valence-corrected chi connectivity index (χ0v) is 16.1. The summed E-state index contributed by atoms with van der Waals surface area (Å²) < 4.78 is 7.03. The molecule has 28 heavy (non-hydrogen) atoms. The van der Waals surface area contributed by atoms with Gasteiger partial charge in [-0.3, -0.25) is 4.90 Å². The fourth-order valence-electron chi connectivity index (χ4n) is 3.91. The van der Waals surface area contributed by atoms with E-state index in [1.165, 1.54) is 5.56 Å². The Morgan fingerprint density at radius 2 is 2.04 bits per heavy atom. The maximum Gasteiger partial charge on any atom is 0.319 e.